The van der Waals surface area contributed by atoms with Crippen molar-refractivity contribution in [1.29, 1.82) is 10.8 Å². The number of piperidine rings is 1. The molecule has 11 heteroatoms. The van der Waals surface area contributed by atoms with Gasteiger partial charge in [-0.2, -0.15) is 0 Å². The highest BCUT2D eigenvalue weighted by atomic mass is 16.2. The predicted octanol–water partition coefficient (Wildman–Crippen LogP) is 1.63. The molecule has 1 unspecified atom stereocenters. The van der Waals surface area contributed by atoms with Gasteiger partial charge in [-0.15, -0.1) is 0 Å². The van der Waals surface area contributed by atoms with Gasteiger partial charge in [0.1, 0.15) is 11.9 Å². The van der Waals surface area contributed by atoms with Crippen LogP contribution in [0.3, 0.4) is 0 Å². The standard InChI is InChI=1S/C24H25N7O4/c1-30(13-25)21(26)15-3-5-17(6-4-15)28-24(35)27-11-14-2-7-18-16(10-14)12-31(23(18)34)19-8-9-20(32)29-22(19)33/h2-7,10,13,19,25-26H,8-9,11-12H2,1H3,(H2,27,28,35)(H,29,32,33). The molecule has 4 rings (SSSR count). The number of nitrogens with one attached hydrogen (secondary N) is 5. The van der Waals surface area contributed by atoms with Gasteiger partial charge in [0.2, 0.25) is 11.8 Å². The molecular formula is C24H25N7O4. The third kappa shape index (κ3) is 5.03. The summed E-state index contributed by atoms with van der Waals surface area (Å²) in [5, 5.41) is 23.0. The molecule has 2 aliphatic rings. The number of amidine groups is 1. The van der Waals surface area contributed by atoms with Crippen LogP contribution in [-0.4, -0.2) is 58.8 Å². The van der Waals surface area contributed by atoms with Crippen molar-refractivity contribution in [3.8, 4) is 0 Å². The van der Waals surface area contributed by atoms with Crippen LogP contribution < -0.4 is 16.0 Å². The second-order valence-corrected chi connectivity index (χ2v) is 8.37. The molecule has 2 aliphatic heterocycles. The summed E-state index contributed by atoms with van der Waals surface area (Å²) in [4.78, 5) is 51.5. The van der Waals surface area contributed by atoms with E-state index in [4.69, 9.17) is 10.8 Å². The highest BCUT2D eigenvalue weighted by Gasteiger charge is 2.39. The molecule has 0 radical (unpaired) electrons. The summed E-state index contributed by atoms with van der Waals surface area (Å²) in [5.41, 5.74) is 3.25. The normalized spacial score (nSPS) is 16.9. The zero-order valence-electron chi connectivity index (χ0n) is 19.1. The lowest BCUT2D eigenvalue weighted by molar-refractivity contribution is -0.136. The molecule has 5 amide bonds. The predicted molar refractivity (Wildman–Crippen MR) is 128 cm³/mol. The molecule has 0 aliphatic carbocycles. The van der Waals surface area contributed by atoms with E-state index in [9.17, 15) is 19.2 Å². The molecule has 2 heterocycles. The third-order valence-corrected chi connectivity index (χ3v) is 6.00. The van der Waals surface area contributed by atoms with Gasteiger partial charge in [0, 0.05) is 43.4 Å². The van der Waals surface area contributed by atoms with E-state index in [-0.39, 0.29) is 37.2 Å². The van der Waals surface area contributed by atoms with Gasteiger partial charge in [0.15, 0.2) is 0 Å². The first-order valence-electron chi connectivity index (χ1n) is 11.0. The van der Waals surface area contributed by atoms with E-state index in [1.807, 2.05) is 6.07 Å². The Balaban J connectivity index is 1.33. The summed E-state index contributed by atoms with van der Waals surface area (Å²) in [7, 11) is 1.61. The highest BCUT2D eigenvalue weighted by molar-refractivity contribution is 6.05. The van der Waals surface area contributed by atoms with Crippen molar-refractivity contribution in [3.05, 3.63) is 64.7 Å². The number of carbonyl (C=O) groups excluding carboxylic acids is 4. The number of hydrogen-bond acceptors (Lipinski definition) is 6. The van der Waals surface area contributed by atoms with E-state index in [2.05, 4.69) is 16.0 Å². The maximum absolute atomic E-state index is 12.8. The van der Waals surface area contributed by atoms with Gasteiger partial charge in [-0.3, -0.25) is 30.5 Å². The van der Waals surface area contributed by atoms with Crippen molar-refractivity contribution in [3.63, 3.8) is 0 Å². The van der Waals surface area contributed by atoms with Crippen molar-refractivity contribution in [2.24, 2.45) is 0 Å². The Labute approximate surface area is 201 Å². The van der Waals surface area contributed by atoms with Crippen molar-refractivity contribution in [1.82, 2.24) is 20.4 Å². The number of urea groups is 1. The first-order valence-corrected chi connectivity index (χ1v) is 11.0. The molecule has 0 aromatic heterocycles. The first kappa shape index (κ1) is 23.6. The largest absolute Gasteiger partial charge is 0.334 e. The summed E-state index contributed by atoms with van der Waals surface area (Å²) in [6.45, 7) is 0.508. The minimum absolute atomic E-state index is 0.169. The molecular weight excluding hydrogens is 450 g/mol. The van der Waals surface area contributed by atoms with E-state index >= 15 is 0 Å². The summed E-state index contributed by atoms with van der Waals surface area (Å²) in [5.74, 6) is -0.849. The van der Waals surface area contributed by atoms with Crippen LogP contribution in [0.2, 0.25) is 0 Å². The first-order chi connectivity index (χ1) is 16.8. The Morgan fingerprint density at radius 2 is 1.94 bits per heavy atom. The van der Waals surface area contributed by atoms with Crippen LogP contribution in [0.5, 0.6) is 0 Å². The minimum atomic E-state index is -0.666. The molecule has 2 aromatic rings. The number of fused-ring (bicyclic) bond motifs is 1. The fourth-order valence-corrected chi connectivity index (χ4v) is 4.07. The number of nitrogens with zero attached hydrogens (tertiary/aromatic N) is 2. The SMILES string of the molecule is CN(C=N)C(=N)c1ccc(NC(=O)NCc2ccc3c(c2)CN(C2CCC(=O)NC2=O)C3=O)cc1. The fourth-order valence-electron chi connectivity index (χ4n) is 4.07. The lowest BCUT2D eigenvalue weighted by Crippen LogP contribution is -2.52. The van der Waals surface area contributed by atoms with E-state index in [1.54, 1.807) is 43.4 Å². The molecule has 1 fully saturated rings. The molecule has 5 N–H and O–H groups in total. The Morgan fingerprint density at radius 1 is 1.20 bits per heavy atom. The van der Waals surface area contributed by atoms with Gasteiger partial charge in [0.05, 0.1) is 6.34 Å². The number of hydrogen-bond donors (Lipinski definition) is 5. The molecule has 0 saturated carbocycles. The summed E-state index contributed by atoms with van der Waals surface area (Å²) >= 11 is 0. The molecule has 11 nitrogen and oxygen atoms in total. The Hall–Kier alpha value is -4.54. The van der Waals surface area contributed by atoms with Crippen molar-refractivity contribution < 1.29 is 19.2 Å². The van der Waals surface area contributed by atoms with Gasteiger partial charge in [-0.25, -0.2) is 4.79 Å². The molecule has 1 saturated heterocycles. The summed E-state index contributed by atoms with van der Waals surface area (Å²) in [6, 6.07) is 10.9. The molecule has 1 atom stereocenters. The minimum Gasteiger partial charge on any atom is -0.334 e. The molecule has 0 bridgehead atoms. The maximum Gasteiger partial charge on any atom is 0.319 e. The average Bonchev–Trinajstić information content (AvgIpc) is 3.17. The second-order valence-electron chi connectivity index (χ2n) is 8.37. The quantitative estimate of drug-likeness (QED) is 0.244. The summed E-state index contributed by atoms with van der Waals surface area (Å²) in [6.07, 6.45) is 1.55. The van der Waals surface area contributed by atoms with E-state index in [0.29, 0.717) is 23.2 Å². The molecule has 2 aromatic carbocycles. The van der Waals surface area contributed by atoms with E-state index < -0.39 is 18.0 Å². The van der Waals surface area contributed by atoms with Crippen LogP contribution in [0.1, 0.15) is 39.9 Å². The fraction of sp³-hybridized carbons (Fsp3) is 0.250. The number of amides is 5. The van der Waals surface area contributed by atoms with Gasteiger partial charge < -0.3 is 20.4 Å². The zero-order chi connectivity index (χ0) is 25.1. The average molecular weight is 476 g/mol. The van der Waals surface area contributed by atoms with Crippen LogP contribution in [0.25, 0.3) is 0 Å². The molecule has 180 valence electrons. The maximum atomic E-state index is 12.8. The van der Waals surface area contributed by atoms with Crippen molar-refractivity contribution in [2.45, 2.75) is 32.0 Å². The van der Waals surface area contributed by atoms with Gasteiger partial charge in [-0.05, 0) is 47.9 Å². The van der Waals surface area contributed by atoms with Crippen LogP contribution in [0, 0.1) is 10.8 Å². The summed E-state index contributed by atoms with van der Waals surface area (Å²) < 4.78 is 0. The van der Waals surface area contributed by atoms with Crippen molar-refractivity contribution in [2.75, 3.05) is 12.4 Å². The zero-order valence-corrected chi connectivity index (χ0v) is 19.1. The van der Waals surface area contributed by atoms with Crippen molar-refractivity contribution >= 4 is 41.6 Å². The molecule has 0 spiro atoms. The Bertz CT molecular complexity index is 1220. The number of rotatable bonds is 6. The molecule has 35 heavy (non-hydrogen) atoms. The second kappa shape index (κ2) is 9.75. The smallest absolute Gasteiger partial charge is 0.319 e. The van der Waals surface area contributed by atoms with Gasteiger partial charge in [-0.1, -0.05) is 12.1 Å². The Morgan fingerprint density at radius 3 is 2.63 bits per heavy atom. The lowest BCUT2D eigenvalue weighted by Gasteiger charge is -2.29. The van der Waals surface area contributed by atoms with E-state index in [0.717, 1.165) is 17.5 Å². The number of benzene rings is 2. The number of anilines is 1. The topological polar surface area (TPSA) is 159 Å². The van der Waals surface area contributed by atoms with Crippen LogP contribution in [0.4, 0.5) is 10.5 Å². The Kier molecular flexibility index (Phi) is 6.58. The number of imide groups is 1. The highest BCUT2D eigenvalue weighted by Crippen LogP contribution is 2.28. The van der Waals surface area contributed by atoms with Gasteiger partial charge in [0.25, 0.3) is 5.91 Å². The van der Waals surface area contributed by atoms with Crippen LogP contribution in [0.15, 0.2) is 42.5 Å². The number of carbonyl (C=O) groups is 4. The van der Waals surface area contributed by atoms with Crippen LogP contribution >= 0.6 is 0 Å². The monoisotopic (exact) mass is 475 g/mol. The third-order valence-electron chi connectivity index (χ3n) is 6.00. The van der Waals surface area contributed by atoms with Crippen LogP contribution in [-0.2, 0) is 22.7 Å². The lowest BCUT2D eigenvalue weighted by atomic mass is 10.0. The van der Waals surface area contributed by atoms with Gasteiger partial charge >= 0.3 is 6.03 Å². The van der Waals surface area contributed by atoms with E-state index in [1.165, 1.54) is 9.80 Å².